The van der Waals surface area contributed by atoms with E-state index in [4.69, 9.17) is 5.73 Å². The van der Waals surface area contributed by atoms with Gasteiger partial charge in [-0.25, -0.2) is 4.99 Å². The number of hydrogen-bond donors (Lipinski definition) is 2. The van der Waals surface area contributed by atoms with Gasteiger partial charge in [0.1, 0.15) is 0 Å². The third kappa shape index (κ3) is 4.33. The van der Waals surface area contributed by atoms with Gasteiger partial charge >= 0.3 is 6.18 Å². The molecule has 0 unspecified atom stereocenters. The Balaban J connectivity index is 2.21. The van der Waals surface area contributed by atoms with Gasteiger partial charge in [-0.05, 0) is 24.5 Å². The summed E-state index contributed by atoms with van der Waals surface area (Å²) in [5.74, 6) is 0.123. The molecule has 0 atom stereocenters. The van der Waals surface area contributed by atoms with Crippen LogP contribution in [0.15, 0.2) is 23.2 Å². The molecule has 1 aromatic carbocycles. The van der Waals surface area contributed by atoms with E-state index in [2.05, 4.69) is 10.3 Å². The topological polar surface area (TPSA) is 93.5 Å². The SMILES string of the molecule is NC(=NCc1cc([N+](=O)[O-])cc(C(F)(F)F)c1)NC1CC1. The predicted molar refractivity (Wildman–Crippen MR) is 69.6 cm³/mol. The van der Waals surface area contributed by atoms with Gasteiger partial charge in [-0.1, -0.05) is 0 Å². The van der Waals surface area contributed by atoms with Crippen molar-refractivity contribution in [2.24, 2.45) is 10.7 Å². The van der Waals surface area contributed by atoms with Gasteiger partial charge in [-0.3, -0.25) is 10.1 Å². The minimum atomic E-state index is -4.65. The Morgan fingerprint density at radius 2 is 2.10 bits per heavy atom. The second-order valence-corrected chi connectivity index (χ2v) is 4.76. The molecule has 114 valence electrons. The molecular weight excluding hydrogens is 289 g/mol. The maximum atomic E-state index is 12.7. The van der Waals surface area contributed by atoms with Crippen LogP contribution < -0.4 is 11.1 Å². The largest absolute Gasteiger partial charge is 0.416 e. The second-order valence-electron chi connectivity index (χ2n) is 4.76. The first-order chi connectivity index (χ1) is 9.75. The number of nitrogens with two attached hydrogens (primary N) is 1. The fourth-order valence-corrected chi connectivity index (χ4v) is 1.69. The molecule has 0 heterocycles. The van der Waals surface area contributed by atoms with Gasteiger partial charge in [0.05, 0.1) is 17.0 Å². The van der Waals surface area contributed by atoms with E-state index in [9.17, 15) is 23.3 Å². The summed E-state index contributed by atoms with van der Waals surface area (Å²) in [5, 5.41) is 13.6. The highest BCUT2D eigenvalue weighted by molar-refractivity contribution is 5.78. The number of non-ortho nitro benzene ring substituents is 1. The molecule has 0 aromatic heterocycles. The van der Waals surface area contributed by atoms with Crippen molar-refractivity contribution in [3.8, 4) is 0 Å². The van der Waals surface area contributed by atoms with Crippen molar-refractivity contribution < 1.29 is 18.1 Å². The number of nitrogens with zero attached hydrogens (tertiary/aromatic N) is 2. The molecule has 1 saturated carbocycles. The summed E-state index contributed by atoms with van der Waals surface area (Å²) in [6.45, 7) is -0.156. The van der Waals surface area contributed by atoms with E-state index >= 15 is 0 Å². The van der Waals surface area contributed by atoms with Gasteiger partial charge < -0.3 is 11.1 Å². The molecule has 0 spiro atoms. The van der Waals surface area contributed by atoms with E-state index in [1.54, 1.807) is 0 Å². The number of aliphatic imine (C=N–C) groups is 1. The highest BCUT2D eigenvalue weighted by atomic mass is 19.4. The molecule has 1 aromatic rings. The highest BCUT2D eigenvalue weighted by Crippen LogP contribution is 2.32. The van der Waals surface area contributed by atoms with Crippen molar-refractivity contribution in [1.82, 2.24) is 5.32 Å². The fraction of sp³-hybridized carbons (Fsp3) is 0.417. The molecule has 1 aliphatic carbocycles. The number of guanidine groups is 1. The molecule has 3 N–H and O–H groups in total. The predicted octanol–water partition coefficient (Wildman–Crippen LogP) is 2.18. The average molecular weight is 302 g/mol. The Labute approximate surface area is 118 Å². The zero-order chi connectivity index (χ0) is 15.6. The van der Waals surface area contributed by atoms with E-state index in [0.717, 1.165) is 25.0 Å². The number of benzene rings is 1. The van der Waals surface area contributed by atoms with Gasteiger partial charge in [-0.2, -0.15) is 13.2 Å². The summed E-state index contributed by atoms with van der Waals surface area (Å²) in [6, 6.07) is 2.66. The normalized spacial score (nSPS) is 15.9. The van der Waals surface area contributed by atoms with Crippen LogP contribution in [0.1, 0.15) is 24.0 Å². The van der Waals surface area contributed by atoms with E-state index in [0.29, 0.717) is 6.07 Å². The van der Waals surface area contributed by atoms with E-state index in [-0.39, 0.29) is 24.1 Å². The Morgan fingerprint density at radius 1 is 1.43 bits per heavy atom. The van der Waals surface area contributed by atoms with Crippen molar-refractivity contribution in [2.75, 3.05) is 0 Å². The van der Waals surface area contributed by atoms with Crippen molar-refractivity contribution >= 4 is 11.6 Å². The quantitative estimate of drug-likeness (QED) is 0.386. The number of nitrogens with one attached hydrogen (secondary N) is 1. The molecule has 0 radical (unpaired) electrons. The van der Waals surface area contributed by atoms with Crippen molar-refractivity contribution in [2.45, 2.75) is 31.6 Å². The third-order valence-corrected chi connectivity index (χ3v) is 2.88. The summed E-state index contributed by atoms with van der Waals surface area (Å²) < 4.78 is 38.1. The van der Waals surface area contributed by atoms with E-state index < -0.39 is 22.4 Å². The maximum Gasteiger partial charge on any atom is 0.416 e. The van der Waals surface area contributed by atoms with Crippen LogP contribution in [0.25, 0.3) is 0 Å². The summed E-state index contributed by atoms with van der Waals surface area (Å²) in [6.07, 6.45) is -2.70. The number of halogens is 3. The smallest absolute Gasteiger partial charge is 0.370 e. The minimum absolute atomic E-state index is 0.0806. The summed E-state index contributed by atoms with van der Waals surface area (Å²) in [5.41, 5.74) is 3.95. The number of hydrogen-bond acceptors (Lipinski definition) is 3. The monoisotopic (exact) mass is 302 g/mol. The molecule has 0 amide bonds. The lowest BCUT2D eigenvalue weighted by atomic mass is 10.1. The van der Waals surface area contributed by atoms with Crippen LogP contribution >= 0.6 is 0 Å². The lowest BCUT2D eigenvalue weighted by molar-refractivity contribution is -0.385. The molecule has 2 rings (SSSR count). The van der Waals surface area contributed by atoms with Gasteiger partial charge in [0.2, 0.25) is 0 Å². The molecule has 0 bridgehead atoms. The summed E-state index contributed by atoms with van der Waals surface area (Å²) in [4.78, 5) is 13.7. The summed E-state index contributed by atoms with van der Waals surface area (Å²) in [7, 11) is 0. The molecule has 1 aliphatic rings. The fourth-order valence-electron chi connectivity index (χ4n) is 1.69. The zero-order valence-corrected chi connectivity index (χ0v) is 10.9. The Kier molecular flexibility index (Phi) is 4.01. The number of alkyl halides is 3. The van der Waals surface area contributed by atoms with Gasteiger partial charge in [0, 0.05) is 18.2 Å². The standard InChI is InChI=1S/C12H13F3N4O2/c13-12(14,15)8-3-7(4-10(5-8)19(20)21)6-17-11(16)18-9-1-2-9/h3-5,9H,1-2,6H2,(H3,16,17,18). The van der Waals surface area contributed by atoms with Gasteiger partial charge in [0.25, 0.3) is 5.69 Å². The van der Waals surface area contributed by atoms with Crippen LogP contribution in [0.4, 0.5) is 18.9 Å². The Hall–Kier alpha value is -2.32. The molecular formula is C12H13F3N4O2. The van der Waals surface area contributed by atoms with Crippen LogP contribution in [0, 0.1) is 10.1 Å². The number of rotatable bonds is 4. The Morgan fingerprint density at radius 3 is 2.62 bits per heavy atom. The van der Waals surface area contributed by atoms with E-state index in [1.807, 2.05) is 0 Å². The molecule has 0 saturated heterocycles. The van der Waals surface area contributed by atoms with Gasteiger partial charge in [0.15, 0.2) is 5.96 Å². The first-order valence-electron chi connectivity index (χ1n) is 6.17. The van der Waals surface area contributed by atoms with Crippen LogP contribution in [0.2, 0.25) is 0 Å². The molecule has 21 heavy (non-hydrogen) atoms. The Bertz CT molecular complexity index is 582. The van der Waals surface area contributed by atoms with Crippen molar-refractivity contribution in [3.05, 3.63) is 39.4 Å². The first kappa shape index (κ1) is 15.1. The van der Waals surface area contributed by atoms with Crippen molar-refractivity contribution in [1.29, 1.82) is 0 Å². The summed E-state index contributed by atoms with van der Waals surface area (Å²) >= 11 is 0. The lowest BCUT2D eigenvalue weighted by Crippen LogP contribution is -2.33. The maximum absolute atomic E-state index is 12.7. The second kappa shape index (κ2) is 5.58. The van der Waals surface area contributed by atoms with Crippen LogP contribution in [0.3, 0.4) is 0 Å². The van der Waals surface area contributed by atoms with Crippen molar-refractivity contribution in [3.63, 3.8) is 0 Å². The third-order valence-electron chi connectivity index (χ3n) is 2.88. The molecule has 9 heteroatoms. The van der Waals surface area contributed by atoms with Crippen LogP contribution in [-0.2, 0) is 12.7 Å². The molecule has 1 fully saturated rings. The molecule has 6 nitrogen and oxygen atoms in total. The number of nitro benzene ring substituents is 1. The highest BCUT2D eigenvalue weighted by Gasteiger charge is 2.32. The lowest BCUT2D eigenvalue weighted by Gasteiger charge is -2.08. The first-order valence-corrected chi connectivity index (χ1v) is 6.17. The average Bonchev–Trinajstić information content (AvgIpc) is 3.19. The number of nitro groups is 1. The molecule has 0 aliphatic heterocycles. The van der Waals surface area contributed by atoms with Gasteiger partial charge in [-0.15, -0.1) is 0 Å². The minimum Gasteiger partial charge on any atom is -0.370 e. The van der Waals surface area contributed by atoms with E-state index in [1.165, 1.54) is 0 Å². The van der Waals surface area contributed by atoms with Crippen LogP contribution in [0.5, 0.6) is 0 Å². The van der Waals surface area contributed by atoms with Crippen LogP contribution in [-0.4, -0.2) is 16.9 Å². The zero-order valence-electron chi connectivity index (χ0n) is 10.9.